The van der Waals surface area contributed by atoms with Crippen molar-refractivity contribution in [2.45, 2.75) is 24.9 Å². The Hall–Kier alpha value is -2.76. The number of nitrogens with zero attached hydrogens (tertiary/aromatic N) is 3. The molecule has 1 aliphatic carbocycles. The molecule has 0 bridgehead atoms. The molecule has 0 fully saturated rings. The molecule has 6 nitrogen and oxygen atoms in total. The van der Waals surface area contributed by atoms with Gasteiger partial charge in [-0.2, -0.15) is 13.2 Å². The minimum atomic E-state index is -4.88. The van der Waals surface area contributed by atoms with Crippen LogP contribution in [0, 0.1) is 0 Å². The van der Waals surface area contributed by atoms with Gasteiger partial charge in [0.05, 0.1) is 6.61 Å². The Morgan fingerprint density at radius 2 is 1.86 bits per heavy atom. The summed E-state index contributed by atoms with van der Waals surface area (Å²) >= 11 is 0. The van der Waals surface area contributed by atoms with Gasteiger partial charge >= 0.3 is 12.5 Å². The smallest absolute Gasteiger partial charge is 0.495 e. The average Bonchev–Trinajstić information content (AvgIpc) is 3.04. The molecule has 1 unspecified atom stereocenters. The van der Waals surface area contributed by atoms with Crippen LogP contribution in [0.3, 0.4) is 0 Å². The maximum atomic E-state index is 13.1. The summed E-state index contributed by atoms with van der Waals surface area (Å²) < 4.78 is 91.9. The molecule has 0 saturated carbocycles. The molecule has 2 aromatic rings. The predicted octanol–water partition coefficient (Wildman–Crippen LogP) is 4.20. The number of fused-ring (bicyclic) bond motifs is 1. The Bertz CT molecular complexity index is 933. The third-order valence-electron chi connectivity index (χ3n) is 4.05. The second-order valence-corrected chi connectivity index (χ2v) is 6.04. The van der Waals surface area contributed by atoms with Crippen molar-refractivity contribution in [3.63, 3.8) is 0 Å². The largest absolute Gasteiger partial charge is 0.573 e. The highest BCUT2D eigenvalue weighted by molar-refractivity contribution is 5.43. The Kier molecular flexibility index (Phi) is 5.73. The number of methoxy groups -OCH3 is 1. The second-order valence-electron chi connectivity index (χ2n) is 6.04. The zero-order valence-electron chi connectivity index (χ0n) is 14.9. The lowest BCUT2D eigenvalue weighted by Gasteiger charge is -2.25. The number of halogens is 6. The summed E-state index contributed by atoms with van der Waals surface area (Å²) in [5.74, 6) is -2.17. The van der Waals surface area contributed by atoms with Crippen LogP contribution in [-0.4, -0.2) is 41.3 Å². The number of rotatable bonds is 6. The SMILES string of the molecule is COCCOC1=CC(OC(F)(F)F)=CCC1c1ccc2nnc(C(F)(F)F)n2c1. The fourth-order valence-corrected chi connectivity index (χ4v) is 2.85. The van der Waals surface area contributed by atoms with Gasteiger partial charge in [0.15, 0.2) is 5.65 Å². The van der Waals surface area contributed by atoms with Crippen molar-refractivity contribution in [3.8, 4) is 0 Å². The lowest BCUT2D eigenvalue weighted by Crippen LogP contribution is -2.17. The van der Waals surface area contributed by atoms with Crippen LogP contribution < -0.4 is 0 Å². The van der Waals surface area contributed by atoms with Gasteiger partial charge < -0.3 is 14.2 Å². The van der Waals surface area contributed by atoms with Crippen LogP contribution in [0.1, 0.15) is 23.7 Å². The number of hydrogen-bond donors (Lipinski definition) is 0. The standard InChI is InChI=1S/C17H15F6N3O3/c1-27-6-7-28-13-8-11(29-17(21,22)23)3-4-12(13)10-2-5-14-24-25-15(16(18,19)20)26(14)9-10/h2-3,5,8-9,12H,4,6-7H2,1H3. The molecule has 1 aliphatic rings. The van der Waals surface area contributed by atoms with Crippen LogP contribution in [0.2, 0.25) is 0 Å². The molecule has 0 saturated heterocycles. The molecule has 2 heterocycles. The number of pyridine rings is 1. The summed E-state index contributed by atoms with van der Waals surface area (Å²) in [6.07, 6.45) is -6.11. The van der Waals surface area contributed by atoms with Gasteiger partial charge in [-0.25, -0.2) is 0 Å². The quantitative estimate of drug-likeness (QED) is 0.515. The van der Waals surface area contributed by atoms with Gasteiger partial charge in [0.2, 0.25) is 5.82 Å². The van der Waals surface area contributed by atoms with E-state index in [9.17, 15) is 26.3 Å². The number of hydrogen-bond acceptors (Lipinski definition) is 5. The highest BCUT2D eigenvalue weighted by atomic mass is 19.4. The first-order chi connectivity index (χ1) is 13.6. The monoisotopic (exact) mass is 423 g/mol. The van der Waals surface area contributed by atoms with E-state index in [1.54, 1.807) is 0 Å². The molecule has 2 aromatic heterocycles. The number of aromatic nitrogens is 3. The van der Waals surface area contributed by atoms with Gasteiger partial charge in [-0.15, -0.1) is 23.4 Å². The van der Waals surface area contributed by atoms with E-state index in [2.05, 4.69) is 14.9 Å². The van der Waals surface area contributed by atoms with Gasteiger partial charge in [-0.3, -0.25) is 4.40 Å². The Labute approximate surface area is 160 Å². The number of allylic oxidation sites excluding steroid dienone is 3. The van der Waals surface area contributed by atoms with Gasteiger partial charge in [-0.05, 0) is 24.1 Å². The third kappa shape index (κ3) is 5.00. The summed E-state index contributed by atoms with van der Waals surface area (Å²) in [4.78, 5) is 0. The van der Waals surface area contributed by atoms with Crippen molar-refractivity contribution in [1.29, 1.82) is 0 Å². The first-order valence-corrected chi connectivity index (χ1v) is 8.29. The Morgan fingerprint density at radius 1 is 1.10 bits per heavy atom. The lowest BCUT2D eigenvalue weighted by molar-refractivity contribution is -0.303. The minimum absolute atomic E-state index is 0.0145. The summed E-state index contributed by atoms with van der Waals surface area (Å²) in [7, 11) is 1.42. The molecular formula is C17H15F6N3O3. The highest BCUT2D eigenvalue weighted by Crippen LogP contribution is 2.37. The number of ether oxygens (including phenoxy) is 3. The maximum Gasteiger partial charge on any atom is 0.573 e. The maximum absolute atomic E-state index is 13.1. The van der Waals surface area contributed by atoms with E-state index in [0.717, 1.165) is 10.5 Å². The molecule has 1 atom stereocenters. The van der Waals surface area contributed by atoms with Crippen LogP contribution in [0.25, 0.3) is 5.65 Å². The summed E-state index contributed by atoms with van der Waals surface area (Å²) in [6.45, 7) is 0.215. The highest BCUT2D eigenvalue weighted by Gasteiger charge is 2.37. The zero-order chi connectivity index (χ0) is 21.2. The van der Waals surface area contributed by atoms with Crippen molar-refractivity contribution < 1.29 is 40.6 Å². The molecule has 3 rings (SSSR count). The normalized spacial score (nSPS) is 17.8. The van der Waals surface area contributed by atoms with Crippen molar-refractivity contribution in [3.05, 3.63) is 53.4 Å². The first kappa shape index (κ1) is 21.0. The van der Waals surface area contributed by atoms with E-state index in [1.807, 2.05) is 0 Å². The van der Waals surface area contributed by atoms with Gasteiger partial charge in [0.1, 0.15) is 18.1 Å². The molecular weight excluding hydrogens is 408 g/mol. The van der Waals surface area contributed by atoms with E-state index in [0.29, 0.717) is 5.56 Å². The van der Waals surface area contributed by atoms with Crippen LogP contribution in [-0.2, 0) is 20.4 Å². The molecule has 158 valence electrons. The van der Waals surface area contributed by atoms with E-state index in [4.69, 9.17) is 9.47 Å². The van der Waals surface area contributed by atoms with Crippen LogP contribution >= 0.6 is 0 Å². The lowest BCUT2D eigenvalue weighted by atomic mass is 9.91. The van der Waals surface area contributed by atoms with E-state index < -0.39 is 30.0 Å². The van der Waals surface area contributed by atoms with Crippen molar-refractivity contribution in [2.75, 3.05) is 20.3 Å². The van der Waals surface area contributed by atoms with E-state index in [1.165, 1.54) is 31.5 Å². The second kappa shape index (κ2) is 7.93. The topological polar surface area (TPSA) is 57.9 Å². The fourth-order valence-electron chi connectivity index (χ4n) is 2.85. The molecule has 0 aliphatic heterocycles. The Balaban J connectivity index is 1.94. The summed E-state index contributed by atoms with van der Waals surface area (Å²) in [5, 5.41) is 6.63. The van der Waals surface area contributed by atoms with Crippen LogP contribution in [0.4, 0.5) is 26.3 Å². The van der Waals surface area contributed by atoms with E-state index >= 15 is 0 Å². The fraction of sp³-hybridized carbons (Fsp3) is 0.412. The van der Waals surface area contributed by atoms with Crippen molar-refractivity contribution >= 4 is 5.65 Å². The molecule has 0 radical (unpaired) electrons. The average molecular weight is 423 g/mol. The molecule has 0 aromatic carbocycles. The van der Waals surface area contributed by atoms with Crippen molar-refractivity contribution in [1.82, 2.24) is 14.6 Å². The summed E-state index contributed by atoms with van der Waals surface area (Å²) in [6, 6.07) is 2.86. The van der Waals surface area contributed by atoms with Crippen molar-refractivity contribution in [2.24, 2.45) is 0 Å². The molecule has 0 N–H and O–H groups in total. The van der Waals surface area contributed by atoms with Gasteiger partial charge in [-0.1, -0.05) is 6.07 Å². The van der Waals surface area contributed by atoms with Crippen LogP contribution in [0.15, 0.2) is 42.0 Å². The predicted molar refractivity (Wildman–Crippen MR) is 86.5 cm³/mol. The van der Waals surface area contributed by atoms with Gasteiger partial charge in [0, 0.05) is 25.3 Å². The van der Waals surface area contributed by atoms with Gasteiger partial charge in [0.25, 0.3) is 0 Å². The molecule has 12 heteroatoms. The third-order valence-corrected chi connectivity index (χ3v) is 4.05. The Morgan fingerprint density at radius 3 is 2.52 bits per heavy atom. The van der Waals surface area contributed by atoms with E-state index in [-0.39, 0.29) is 31.0 Å². The summed E-state index contributed by atoms with van der Waals surface area (Å²) in [5.41, 5.74) is 0.369. The minimum Gasteiger partial charge on any atom is -0.495 e. The van der Waals surface area contributed by atoms with Crippen LogP contribution in [0.5, 0.6) is 0 Å². The molecule has 0 spiro atoms. The zero-order valence-corrected chi connectivity index (χ0v) is 14.9. The molecule has 0 amide bonds. The molecule has 29 heavy (non-hydrogen) atoms. The first-order valence-electron chi connectivity index (χ1n) is 8.29. The number of alkyl halides is 6.